The van der Waals surface area contributed by atoms with E-state index in [1.54, 1.807) is 0 Å². The van der Waals surface area contributed by atoms with Gasteiger partial charge >= 0.3 is 0 Å². The van der Waals surface area contributed by atoms with Crippen LogP contribution in [0.5, 0.6) is 11.5 Å². The van der Waals surface area contributed by atoms with Gasteiger partial charge in [0.15, 0.2) is 17.5 Å². The number of ether oxygens (including phenoxy) is 2. The number of nitrogens with zero attached hydrogens (tertiary/aromatic N) is 2. The number of nitrogens with one attached hydrogen (secondary N) is 1. The molecule has 116 valence electrons. The average Bonchev–Trinajstić information content (AvgIpc) is 2.88. The summed E-state index contributed by atoms with van der Waals surface area (Å²) in [6.45, 7) is 8.00. The Balaban J connectivity index is 1.92. The highest BCUT2D eigenvalue weighted by molar-refractivity contribution is 5.81. The molecule has 0 bridgehead atoms. The van der Waals surface area contributed by atoms with Gasteiger partial charge in [-0.2, -0.15) is 0 Å². The van der Waals surface area contributed by atoms with E-state index in [9.17, 15) is 0 Å². The molecule has 0 fully saturated rings. The molecule has 0 amide bonds. The minimum atomic E-state index is 0.642. The Labute approximate surface area is 127 Å². The number of benzene rings is 1. The minimum Gasteiger partial charge on any atom is -0.490 e. The van der Waals surface area contributed by atoms with Crippen LogP contribution in [0.25, 0.3) is 0 Å². The van der Waals surface area contributed by atoms with E-state index in [-0.39, 0.29) is 0 Å². The highest BCUT2D eigenvalue weighted by atomic mass is 16.5. The van der Waals surface area contributed by atoms with Crippen molar-refractivity contribution in [3.05, 3.63) is 23.8 Å². The fourth-order valence-corrected chi connectivity index (χ4v) is 2.29. The molecule has 0 atom stereocenters. The smallest absolute Gasteiger partial charge is 0.193 e. The number of hydrogen-bond acceptors (Lipinski definition) is 5. The number of rotatable bonds is 7. The number of aliphatic imine (C=N–C) groups is 1. The zero-order chi connectivity index (χ0) is 15.1. The topological polar surface area (TPSA) is 46.1 Å². The lowest BCUT2D eigenvalue weighted by molar-refractivity contribution is 0.287. The van der Waals surface area contributed by atoms with Gasteiger partial charge in [-0.3, -0.25) is 4.99 Å². The van der Waals surface area contributed by atoms with E-state index in [1.807, 2.05) is 19.9 Å². The molecule has 0 spiro atoms. The fourth-order valence-electron chi connectivity index (χ4n) is 2.29. The molecule has 5 nitrogen and oxygen atoms in total. The van der Waals surface area contributed by atoms with Gasteiger partial charge in [-0.1, -0.05) is 6.07 Å². The van der Waals surface area contributed by atoms with Crippen LogP contribution < -0.4 is 14.8 Å². The highest BCUT2D eigenvalue weighted by Gasteiger charge is 2.11. The maximum Gasteiger partial charge on any atom is 0.193 e. The molecule has 0 aromatic heterocycles. The molecule has 0 radical (unpaired) electrons. The molecular weight excluding hydrogens is 266 g/mol. The zero-order valence-electron chi connectivity index (χ0n) is 13.2. The van der Waals surface area contributed by atoms with Crippen LogP contribution >= 0.6 is 0 Å². The lowest BCUT2D eigenvalue weighted by Crippen LogP contribution is -2.36. The van der Waals surface area contributed by atoms with Crippen molar-refractivity contribution < 1.29 is 9.47 Å². The Morgan fingerprint density at radius 1 is 1.19 bits per heavy atom. The molecule has 0 aliphatic carbocycles. The van der Waals surface area contributed by atoms with Gasteiger partial charge in [-0.25, -0.2) is 0 Å². The summed E-state index contributed by atoms with van der Waals surface area (Å²) in [5.41, 5.74) is 1.23. The van der Waals surface area contributed by atoms with Gasteiger partial charge in [-0.05, 0) is 38.0 Å². The summed E-state index contributed by atoms with van der Waals surface area (Å²) >= 11 is 0. The summed E-state index contributed by atoms with van der Waals surface area (Å²) in [5, 5.41) is 3.37. The van der Waals surface area contributed by atoms with Gasteiger partial charge in [0, 0.05) is 20.1 Å². The van der Waals surface area contributed by atoms with Crippen molar-refractivity contribution in [2.45, 2.75) is 20.3 Å². The van der Waals surface area contributed by atoms with Crippen LogP contribution in [0.2, 0.25) is 0 Å². The molecule has 1 aliphatic heterocycles. The van der Waals surface area contributed by atoms with Crippen LogP contribution in [0.15, 0.2) is 23.2 Å². The van der Waals surface area contributed by atoms with Crippen molar-refractivity contribution in [1.82, 2.24) is 10.2 Å². The Bertz CT molecular complexity index is 488. The van der Waals surface area contributed by atoms with Crippen molar-refractivity contribution in [1.29, 1.82) is 0 Å². The number of guanidine groups is 1. The normalized spacial score (nSPS) is 14.0. The van der Waals surface area contributed by atoms with Crippen LogP contribution in [-0.4, -0.2) is 50.8 Å². The van der Waals surface area contributed by atoms with Gasteiger partial charge in [-0.15, -0.1) is 0 Å². The van der Waals surface area contributed by atoms with Crippen LogP contribution in [0.3, 0.4) is 0 Å². The molecule has 1 N–H and O–H groups in total. The Morgan fingerprint density at radius 2 is 1.95 bits per heavy atom. The van der Waals surface area contributed by atoms with Gasteiger partial charge in [0.25, 0.3) is 0 Å². The molecule has 1 aromatic carbocycles. The van der Waals surface area contributed by atoms with Crippen LogP contribution in [0.4, 0.5) is 0 Å². The second-order valence-electron chi connectivity index (χ2n) is 4.95. The molecule has 1 aromatic rings. The Hall–Kier alpha value is -1.91. The maximum atomic E-state index is 5.65. The standard InChI is InChI=1S/C16H25N3O2/c1-4-20-14-7-6-13(12-15(14)21-5-2)8-9-17-16-18-10-11-19(16)3/h6-7,12H,4-5,8-11H2,1-3H3,(H,17,18). The Kier molecular flexibility index (Phi) is 5.72. The minimum absolute atomic E-state index is 0.642. The third-order valence-electron chi connectivity index (χ3n) is 3.36. The van der Waals surface area contributed by atoms with E-state index >= 15 is 0 Å². The Morgan fingerprint density at radius 3 is 2.62 bits per heavy atom. The van der Waals surface area contributed by atoms with Crippen molar-refractivity contribution in [3.63, 3.8) is 0 Å². The van der Waals surface area contributed by atoms with E-state index in [1.165, 1.54) is 5.56 Å². The van der Waals surface area contributed by atoms with E-state index in [0.29, 0.717) is 13.2 Å². The van der Waals surface area contributed by atoms with Gasteiger partial charge in [0.1, 0.15) is 0 Å². The third kappa shape index (κ3) is 4.28. The molecule has 21 heavy (non-hydrogen) atoms. The molecule has 2 rings (SSSR count). The summed E-state index contributed by atoms with van der Waals surface area (Å²) in [5.74, 6) is 2.63. The molecular formula is C16H25N3O2. The van der Waals surface area contributed by atoms with Gasteiger partial charge in [0.05, 0.1) is 19.8 Å². The quantitative estimate of drug-likeness (QED) is 0.833. The first-order chi connectivity index (χ1) is 10.2. The first kappa shape index (κ1) is 15.5. The number of likely N-dealkylation sites (N-methyl/N-ethyl adjacent to an activating group) is 1. The van der Waals surface area contributed by atoms with Crippen molar-refractivity contribution in [2.75, 3.05) is 39.9 Å². The lowest BCUT2D eigenvalue weighted by Gasteiger charge is -2.16. The largest absolute Gasteiger partial charge is 0.490 e. The summed E-state index contributed by atoms with van der Waals surface area (Å²) in [6.07, 6.45) is 0.930. The van der Waals surface area contributed by atoms with E-state index < -0.39 is 0 Å². The van der Waals surface area contributed by atoms with Crippen molar-refractivity contribution in [2.24, 2.45) is 4.99 Å². The van der Waals surface area contributed by atoms with Gasteiger partial charge in [0.2, 0.25) is 0 Å². The number of hydrogen-bond donors (Lipinski definition) is 1. The van der Waals surface area contributed by atoms with Crippen molar-refractivity contribution in [3.8, 4) is 11.5 Å². The third-order valence-corrected chi connectivity index (χ3v) is 3.36. The predicted molar refractivity (Wildman–Crippen MR) is 85.4 cm³/mol. The van der Waals surface area contributed by atoms with Crippen LogP contribution in [0.1, 0.15) is 19.4 Å². The van der Waals surface area contributed by atoms with Gasteiger partial charge < -0.3 is 19.7 Å². The SMILES string of the molecule is CCOc1ccc(CCNC2=NCCN2C)cc1OCC. The molecule has 1 aliphatic rings. The van der Waals surface area contributed by atoms with Crippen molar-refractivity contribution >= 4 is 5.96 Å². The molecule has 1 heterocycles. The lowest BCUT2D eigenvalue weighted by atomic mass is 10.1. The zero-order valence-corrected chi connectivity index (χ0v) is 13.2. The second-order valence-corrected chi connectivity index (χ2v) is 4.95. The van der Waals surface area contributed by atoms with Crippen LogP contribution in [-0.2, 0) is 6.42 Å². The summed E-state index contributed by atoms with van der Waals surface area (Å²) in [4.78, 5) is 6.56. The molecule has 0 saturated heterocycles. The predicted octanol–water partition coefficient (Wildman–Crippen LogP) is 1.92. The molecule has 0 saturated carbocycles. The fraction of sp³-hybridized carbons (Fsp3) is 0.562. The molecule has 5 heteroatoms. The summed E-state index contributed by atoms with van der Waals surface area (Å²) in [6, 6.07) is 6.15. The van der Waals surface area contributed by atoms with E-state index in [0.717, 1.165) is 43.5 Å². The van der Waals surface area contributed by atoms with E-state index in [4.69, 9.17) is 9.47 Å². The first-order valence-corrected chi connectivity index (χ1v) is 7.62. The summed E-state index contributed by atoms with van der Waals surface area (Å²) in [7, 11) is 2.06. The highest BCUT2D eigenvalue weighted by Crippen LogP contribution is 2.28. The van der Waals surface area contributed by atoms with Crippen LogP contribution in [0, 0.1) is 0 Å². The first-order valence-electron chi connectivity index (χ1n) is 7.62. The second kappa shape index (κ2) is 7.76. The van der Waals surface area contributed by atoms with E-state index in [2.05, 4.69) is 34.4 Å². The monoisotopic (exact) mass is 291 g/mol. The maximum absolute atomic E-state index is 5.65. The summed E-state index contributed by atoms with van der Waals surface area (Å²) < 4.78 is 11.2. The average molecular weight is 291 g/mol. The molecule has 0 unspecified atom stereocenters.